The number of imidazole rings is 1. The molecule has 39 heavy (non-hydrogen) atoms. The highest BCUT2D eigenvalue weighted by atomic mass is 79.9. The zero-order valence-electron chi connectivity index (χ0n) is 21.4. The van der Waals surface area contributed by atoms with Gasteiger partial charge in [0.25, 0.3) is 0 Å². The van der Waals surface area contributed by atoms with Crippen molar-refractivity contribution in [1.29, 1.82) is 0 Å². The summed E-state index contributed by atoms with van der Waals surface area (Å²) >= 11 is 10.4. The van der Waals surface area contributed by atoms with Gasteiger partial charge in [-0.25, -0.2) is 14.9 Å². The summed E-state index contributed by atoms with van der Waals surface area (Å²) in [5.74, 6) is 0.701. The molecule has 10 nitrogen and oxygen atoms in total. The second kappa shape index (κ2) is 12.1. The number of carbonyl (C=O) groups is 1. The number of hydrogen-bond acceptors (Lipinski definition) is 8. The quantitative estimate of drug-likeness (QED) is 0.141. The zero-order valence-corrected chi connectivity index (χ0v) is 23.8. The normalized spacial score (nSPS) is 11.4. The van der Waals surface area contributed by atoms with E-state index in [-0.39, 0.29) is 24.1 Å². The Kier molecular flexibility index (Phi) is 8.39. The molecule has 2 aliphatic rings. The third-order valence-electron chi connectivity index (χ3n) is 6.46. The maximum Gasteiger partial charge on any atom is 0.358 e. The largest absolute Gasteiger partial charge is 0.472 e. The van der Waals surface area contributed by atoms with E-state index < -0.39 is 5.97 Å². The van der Waals surface area contributed by atoms with Crippen LogP contribution in [0.2, 0.25) is 5.15 Å². The molecule has 0 unspecified atom stereocenters. The van der Waals surface area contributed by atoms with Crippen LogP contribution in [0.1, 0.15) is 41.6 Å². The number of aromatic nitrogens is 6. The molecular formula is C27H26BrClN6O4. The molecule has 1 N–H and O–H groups in total. The number of hydrogen-bond donors (Lipinski definition) is 1. The minimum absolute atomic E-state index is 0.108. The van der Waals surface area contributed by atoms with E-state index >= 15 is 0 Å². The first-order valence-corrected chi connectivity index (χ1v) is 13.6. The first-order valence-electron chi connectivity index (χ1n) is 12.5. The van der Waals surface area contributed by atoms with Crippen LogP contribution in [-0.2, 0) is 22.4 Å². The molecule has 0 saturated heterocycles. The number of benzene rings is 1. The Hall–Kier alpha value is -3.54. The van der Waals surface area contributed by atoms with Crippen LogP contribution < -0.4 is 0 Å². The summed E-state index contributed by atoms with van der Waals surface area (Å²) in [5.41, 5.74) is 5.65. The van der Waals surface area contributed by atoms with Gasteiger partial charge in [0, 0.05) is 34.7 Å². The van der Waals surface area contributed by atoms with Gasteiger partial charge in [-0.1, -0.05) is 49.2 Å². The van der Waals surface area contributed by atoms with Crippen LogP contribution in [0, 0.1) is 0 Å². The van der Waals surface area contributed by atoms with E-state index in [1.165, 1.54) is 0 Å². The number of carbonyl (C=O) groups excluding carboxylic acids is 1. The fourth-order valence-electron chi connectivity index (χ4n) is 4.63. The van der Waals surface area contributed by atoms with E-state index in [9.17, 15) is 4.79 Å². The predicted octanol–water partition coefficient (Wildman–Crippen LogP) is 6.04. The molecule has 5 rings (SSSR count). The van der Waals surface area contributed by atoms with Crippen LogP contribution in [0.5, 0.6) is 0 Å². The number of halogens is 2. The van der Waals surface area contributed by atoms with Gasteiger partial charge >= 0.3 is 5.97 Å². The average Bonchev–Trinajstić information content (AvgIpc) is 3.66. The lowest BCUT2D eigenvalue weighted by molar-refractivity contribution is 0.0377. The van der Waals surface area contributed by atoms with Gasteiger partial charge in [0.2, 0.25) is 0 Å². The minimum atomic E-state index is -0.549. The topological polar surface area (TPSA) is 121 Å². The van der Waals surface area contributed by atoms with Crippen molar-refractivity contribution in [2.45, 2.75) is 32.7 Å². The highest BCUT2D eigenvalue weighted by molar-refractivity contribution is 9.10. The number of rotatable bonds is 11. The lowest BCUT2D eigenvalue weighted by Crippen LogP contribution is -2.17. The Labute approximate surface area is 238 Å². The van der Waals surface area contributed by atoms with Crippen LogP contribution in [0.15, 0.2) is 51.7 Å². The molecule has 1 aliphatic heterocycles. The van der Waals surface area contributed by atoms with E-state index in [1.807, 2.05) is 34.9 Å². The average molecular weight is 614 g/mol. The number of fused-ring (bicyclic) bond motifs is 1. The zero-order chi connectivity index (χ0) is 27.4. The predicted molar refractivity (Wildman–Crippen MR) is 149 cm³/mol. The molecule has 3 heterocycles. The number of aryl methyl sites for hydroxylation is 1. The number of nitrogens with zero attached hydrogens (tertiary/aromatic N) is 5. The van der Waals surface area contributed by atoms with Crippen molar-refractivity contribution in [2.24, 2.45) is 0 Å². The Morgan fingerprint density at radius 2 is 1.97 bits per heavy atom. The number of unbranched alkanes of at least 4 members (excludes halogenated alkanes) is 1. The highest BCUT2D eigenvalue weighted by Gasteiger charge is 2.29. The second-order valence-electron chi connectivity index (χ2n) is 8.83. The van der Waals surface area contributed by atoms with Crippen LogP contribution in [0.4, 0.5) is 0 Å². The third kappa shape index (κ3) is 5.34. The first kappa shape index (κ1) is 27.0. The molecule has 2 aromatic heterocycles. The second-order valence-corrected chi connectivity index (χ2v) is 9.98. The molecule has 3 aromatic rings. The number of methoxy groups -OCH3 is 1. The molecule has 202 valence electrons. The summed E-state index contributed by atoms with van der Waals surface area (Å²) in [6, 6.07) is 9.77. The maximum atomic E-state index is 13.2. The molecule has 0 radical (unpaired) electrons. The van der Waals surface area contributed by atoms with Gasteiger partial charge in [0.15, 0.2) is 16.7 Å². The molecular weight excluding hydrogens is 588 g/mol. The number of ether oxygens (including phenoxy) is 2. The highest BCUT2D eigenvalue weighted by Crippen LogP contribution is 2.48. The summed E-state index contributed by atoms with van der Waals surface area (Å²) in [4.78, 5) is 17.8. The van der Waals surface area contributed by atoms with Crippen LogP contribution in [0.3, 0.4) is 0 Å². The SMILES string of the molecule is CCCCc1nc(Cl)c(C(=O)OCCOC)n1Cc1c2ccocc-2c(Br)c1-c1ccccc1-c1nnn[nH]1. The summed E-state index contributed by atoms with van der Waals surface area (Å²) in [6.45, 7) is 2.81. The lowest BCUT2D eigenvalue weighted by atomic mass is 9.97. The van der Waals surface area contributed by atoms with Crippen molar-refractivity contribution in [3.8, 4) is 33.6 Å². The Morgan fingerprint density at radius 1 is 1.15 bits per heavy atom. The summed E-state index contributed by atoms with van der Waals surface area (Å²) in [7, 11) is 1.55. The molecule has 1 aromatic carbocycles. The molecule has 0 fully saturated rings. The van der Waals surface area contributed by atoms with Gasteiger partial charge in [-0.05, 0) is 55.5 Å². The number of esters is 1. The molecule has 0 saturated carbocycles. The van der Waals surface area contributed by atoms with Gasteiger partial charge in [0.1, 0.15) is 12.4 Å². The van der Waals surface area contributed by atoms with Crippen molar-refractivity contribution < 1.29 is 18.7 Å². The summed E-state index contributed by atoms with van der Waals surface area (Å²) < 4.78 is 18.7. The molecule has 1 aliphatic carbocycles. The van der Waals surface area contributed by atoms with Crippen molar-refractivity contribution >= 4 is 33.5 Å². The van der Waals surface area contributed by atoms with Gasteiger partial charge < -0.3 is 18.5 Å². The Morgan fingerprint density at radius 3 is 2.72 bits per heavy atom. The molecule has 0 bridgehead atoms. The molecule has 0 spiro atoms. The van der Waals surface area contributed by atoms with E-state index in [4.69, 9.17) is 25.5 Å². The van der Waals surface area contributed by atoms with E-state index in [0.717, 1.165) is 50.7 Å². The van der Waals surface area contributed by atoms with Crippen LogP contribution in [-0.4, -0.2) is 56.5 Å². The van der Waals surface area contributed by atoms with E-state index in [2.05, 4.69) is 48.5 Å². The Bertz CT molecular complexity index is 1550. The molecule has 0 amide bonds. The number of aromatic amines is 1. The Balaban J connectivity index is 1.69. The first-order chi connectivity index (χ1) is 19.0. The monoisotopic (exact) mass is 612 g/mol. The van der Waals surface area contributed by atoms with E-state index in [1.54, 1.807) is 19.6 Å². The van der Waals surface area contributed by atoms with Gasteiger partial charge in [-0.2, -0.15) is 0 Å². The number of tetrazole rings is 1. The van der Waals surface area contributed by atoms with Crippen LogP contribution >= 0.6 is 27.5 Å². The number of H-pyrrole nitrogens is 1. The fourth-order valence-corrected chi connectivity index (χ4v) is 5.67. The van der Waals surface area contributed by atoms with E-state index in [0.29, 0.717) is 24.6 Å². The van der Waals surface area contributed by atoms with Crippen molar-refractivity contribution in [1.82, 2.24) is 30.2 Å². The standard InChI is InChI=1S/C27H26BrClN6O4/c1-3-4-9-21-30-25(29)24(27(36)39-13-12-37-2)35(21)14-19-16-10-11-38-15-20(16)23(28)22(19)17-7-5-6-8-18(17)26-31-33-34-32-26/h5-8,10-11,15H,3-4,9,12-14H2,1-2H3,(H,31,32,33,34). The smallest absolute Gasteiger partial charge is 0.358 e. The van der Waals surface area contributed by atoms with Crippen molar-refractivity contribution in [3.63, 3.8) is 0 Å². The van der Waals surface area contributed by atoms with Crippen molar-refractivity contribution in [3.05, 3.63) is 69.6 Å². The lowest BCUT2D eigenvalue weighted by Gasteiger charge is -2.15. The maximum absolute atomic E-state index is 13.2. The number of nitrogens with one attached hydrogen (secondary N) is 1. The summed E-state index contributed by atoms with van der Waals surface area (Å²) in [6.07, 6.45) is 5.85. The van der Waals surface area contributed by atoms with Crippen molar-refractivity contribution in [2.75, 3.05) is 20.3 Å². The van der Waals surface area contributed by atoms with Gasteiger partial charge in [-0.3, -0.25) is 0 Å². The fraction of sp³-hybridized carbons (Fsp3) is 0.296. The van der Waals surface area contributed by atoms with Crippen LogP contribution in [0.25, 0.3) is 33.6 Å². The van der Waals surface area contributed by atoms with Gasteiger partial charge in [-0.15, -0.1) is 5.10 Å². The third-order valence-corrected chi connectivity index (χ3v) is 7.54. The molecule has 12 heteroatoms. The molecule has 0 atom stereocenters. The summed E-state index contributed by atoms with van der Waals surface area (Å²) in [5, 5.41) is 14.6. The minimum Gasteiger partial charge on any atom is -0.472 e. The van der Waals surface area contributed by atoms with Gasteiger partial charge in [0.05, 0.1) is 25.7 Å².